The van der Waals surface area contributed by atoms with Gasteiger partial charge in [0.15, 0.2) is 6.10 Å². The maximum absolute atomic E-state index is 12.8. The van der Waals surface area contributed by atoms with Gasteiger partial charge in [0, 0.05) is 13.1 Å². The first-order valence-electron chi connectivity index (χ1n) is 10.5. The second-order valence-electron chi connectivity index (χ2n) is 8.22. The number of hydrogen-bond donors (Lipinski definition) is 2. The Hall–Kier alpha value is -2.58. The number of nitrogens with zero attached hydrogens (tertiary/aromatic N) is 1. The number of anilines is 1. The molecule has 0 radical (unpaired) electrons. The summed E-state index contributed by atoms with van der Waals surface area (Å²) in [6, 6.07) is 9.82. The van der Waals surface area contributed by atoms with Gasteiger partial charge in [-0.3, -0.25) is 4.79 Å². The van der Waals surface area contributed by atoms with Crippen LogP contribution in [0.2, 0.25) is 0 Å². The summed E-state index contributed by atoms with van der Waals surface area (Å²) in [5, 5.41) is 12.8. The Labute approximate surface area is 184 Å². The molecule has 168 valence electrons. The highest BCUT2D eigenvalue weighted by Crippen LogP contribution is 2.30. The van der Waals surface area contributed by atoms with Gasteiger partial charge in [-0.1, -0.05) is 26.0 Å². The number of carbonyl (C=O) groups excluding carboxylic acids is 1. The van der Waals surface area contributed by atoms with E-state index in [1.165, 1.54) is 22.5 Å². The van der Waals surface area contributed by atoms with Crippen LogP contribution in [0.4, 0.5) is 5.69 Å². The van der Waals surface area contributed by atoms with Crippen molar-refractivity contribution in [3.63, 3.8) is 0 Å². The summed E-state index contributed by atoms with van der Waals surface area (Å²) in [5.74, 6) is 0.243. The molecule has 0 spiro atoms. The van der Waals surface area contributed by atoms with Crippen molar-refractivity contribution in [2.45, 2.75) is 57.5 Å². The number of ether oxygens (including phenoxy) is 1. The molecule has 0 bridgehead atoms. The van der Waals surface area contributed by atoms with Gasteiger partial charge in [-0.15, -0.1) is 0 Å². The topological polar surface area (TPSA) is 95.9 Å². The number of aryl methyl sites for hydroxylation is 1. The molecule has 2 N–H and O–H groups in total. The zero-order chi connectivity index (χ0) is 22.8. The minimum Gasteiger partial charge on any atom is -0.506 e. The average Bonchev–Trinajstić information content (AvgIpc) is 3.26. The van der Waals surface area contributed by atoms with E-state index in [9.17, 15) is 18.3 Å². The van der Waals surface area contributed by atoms with Gasteiger partial charge in [0.25, 0.3) is 5.91 Å². The first-order chi connectivity index (χ1) is 14.6. The van der Waals surface area contributed by atoms with Gasteiger partial charge in [0.05, 0.1) is 10.6 Å². The number of aromatic hydroxyl groups is 1. The molecule has 1 heterocycles. The van der Waals surface area contributed by atoms with E-state index in [0.29, 0.717) is 24.8 Å². The number of phenolic OH excluding ortho intramolecular Hbond substituents is 1. The highest BCUT2D eigenvalue weighted by Gasteiger charge is 2.28. The molecule has 7 nitrogen and oxygen atoms in total. The lowest BCUT2D eigenvalue weighted by molar-refractivity contribution is -0.122. The van der Waals surface area contributed by atoms with Crippen molar-refractivity contribution in [1.29, 1.82) is 0 Å². The molecule has 1 saturated heterocycles. The summed E-state index contributed by atoms with van der Waals surface area (Å²) < 4.78 is 32.9. The Bertz CT molecular complexity index is 1060. The molecular weight excluding hydrogens is 416 g/mol. The van der Waals surface area contributed by atoms with Crippen molar-refractivity contribution in [3.8, 4) is 11.5 Å². The SMILES string of the molecule is Cc1ccc(C(C)C)cc1OC(C)C(=O)Nc1cc(S(=O)(=O)N2CCCC2)ccc1O. The Morgan fingerprint density at radius 1 is 1.10 bits per heavy atom. The number of amides is 1. The predicted octanol–water partition coefficient (Wildman–Crippen LogP) is 4.01. The maximum atomic E-state index is 12.8. The van der Waals surface area contributed by atoms with Crippen molar-refractivity contribution < 1.29 is 23.1 Å². The quantitative estimate of drug-likeness (QED) is 0.627. The summed E-state index contributed by atoms with van der Waals surface area (Å²) in [4.78, 5) is 12.7. The first-order valence-corrected chi connectivity index (χ1v) is 11.9. The Balaban J connectivity index is 1.76. The highest BCUT2D eigenvalue weighted by molar-refractivity contribution is 7.89. The summed E-state index contributed by atoms with van der Waals surface area (Å²) in [6.07, 6.45) is 0.805. The minimum absolute atomic E-state index is 0.0355. The molecule has 0 aliphatic carbocycles. The van der Waals surface area contributed by atoms with Crippen LogP contribution in [-0.4, -0.2) is 42.9 Å². The maximum Gasteiger partial charge on any atom is 0.265 e. The zero-order valence-corrected chi connectivity index (χ0v) is 19.2. The first kappa shape index (κ1) is 23.1. The van der Waals surface area contributed by atoms with E-state index in [4.69, 9.17) is 4.74 Å². The molecule has 2 aromatic carbocycles. The number of hydrogen-bond acceptors (Lipinski definition) is 5. The molecule has 0 saturated carbocycles. The number of phenols is 1. The van der Waals surface area contributed by atoms with Crippen LogP contribution >= 0.6 is 0 Å². The Kier molecular flexibility index (Phi) is 6.91. The largest absolute Gasteiger partial charge is 0.506 e. The number of nitrogens with one attached hydrogen (secondary N) is 1. The number of carbonyl (C=O) groups is 1. The third-order valence-corrected chi connectivity index (χ3v) is 7.38. The van der Waals surface area contributed by atoms with Gasteiger partial charge in [-0.25, -0.2) is 8.42 Å². The van der Waals surface area contributed by atoms with Crippen molar-refractivity contribution in [1.82, 2.24) is 4.31 Å². The van der Waals surface area contributed by atoms with Crippen LogP contribution in [0.1, 0.15) is 50.7 Å². The molecule has 2 aromatic rings. The van der Waals surface area contributed by atoms with Crippen LogP contribution < -0.4 is 10.1 Å². The second kappa shape index (κ2) is 9.28. The van der Waals surface area contributed by atoms with Crippen molar-refractivity contribution in [2.75, 3.05) is 18.4 Å². The Morgan fingerprint density at radius 3 is 2.42 bits per heavy atom. The van der Waals surface area contributed by atoms with Gasteiger partial charge >= 0.3 is 0 Å². The molecule has 1 aliphatic heterocycles. The molecule has 1 aliphatic rings. The fraction of sp³-hybridized carbons (Fsp3) is 0.435. The zero-order valence-electron chi connectivity index (χ0n) is 18.4. The van der Waals surface area contributed by atoms with E-state index in [2.05, 4.69) is 19.2 Å². The molecular formula is C23H30N2O5S. The van der Waals surface area contributed by atoms with E-state index in [0.717, 1.165) is 24.0 Å². The van der Waals surface area contributed by atoms with Gasteiger partial charge in [0.1, 0.15) is 11.5 Å². The van der Waals surface area contributed by atoms with Crippen LogP contribution in [0, 0.1) is 6.92 Å². The number of benzene rings is 2. The summed E-state index contributed by atoms with van der Waals surface area (Å²) >= 11 is 0. The van der Waals surface area contributed by atoms with E-state index in [-0.39, 0.29) is 16.3 Å². The lowest BCUT2D eigenvalue weighted by Gasteiger charge is -2.19. The van der Waals surface area contributed by atoms with E-state index in [1.807, 2.05) is 25.1 Å². The van der Waals surface area contributed by atoms with Crippen molar-refractivity contribution >= 4 is 21.6 Å². The second-order valence-corrected chi connectivity index (χ2v) is 10.2. The van der Waals surface area contributed by atoms with Crippen LogP contribution in [-0.2, 0) is 14.8 Å². The lowest BCUT2D eigenvalue weighted by Crippen LogP contribution is -2.31. The van der Waals surface area contributed by atoms with Crippen LogP contribution in [0.3, 0.4) is 0 Å². The summed E-state index contributed by atoms with van der Waals surface area (Å²) in [7, 11) is -3.66. The summed E-state index contributed by atoms with van der Waals surface area (Å²) in [5.41, 5.74) is 2.05. The highest BCUT2D eigenvalue weighted by atomic mass is 32.2. The molecule has 1 fully saturated rings. The fourth-order valence-electron chi connectivity index (χ4n) is 3.43. The van der Waals surface area contributed by atoms with Gasteiger partial charge in [-0.2, -0.15) is 4.31 Å². The molecule has 1 atom stereocenters. The molecule has 0 aromatic heterocycles. The number of sulfonamides is 1. The van der Waals surface area contributed by atoms with Crippen molar-refractivity contribution in [3.05, 3.63) is 47.5 Å². The third-order valence-electron chi connectivity index (χ3n) is 5.48. The smallest absolute Gasteiger partial charge is 0.265 e. The average molecular weight is 447 g/mol. The lowest BCUT2D eigenvalue weighted by atomic mass is 10.0. The fourth-order valence-corrected chi connectivity index (χ4v) is 4.98. The standard InChI is InChI=1S/C23H30N2O5S/c1-15(2)18-8-7-16(3)22(13-18)30-17(4)23(27)24-20-14-19(9-10-21(20)26)31(28,29)25-11-5-6-12-25/h7-10,13-15,17,26H,5-6,11-12H2,1-4H3,(H,24,27). The van der Waals surface area contributed by atoms with E-state index < -0.39 is 22.0 Å². The van der Waals surface area contributed by atoms with Crippen molar-refractivity contribution in [2.24, 2.45) is 0 Å². The molecule has 1 amide bonds. The molecule has 8 heteroatoms. The third kappa shape index (κ3) is 5.19. The Morgan fingerprint density at radius 2 is 1.77 bits per heavy atom. The summed E-state index contributed by atoms with van der Waals surface area (Å²) in [6.45, 7) is 8.63. The molecule has 31 heavy (non-hydrogen) atoms. The molecule has 1 unspecified atom stereocenters. The minimum atomic E-state index is -3.66. The van der Waals surface area contributed by atoms with Crippen LogP contribution in [0.15, 0.2) is 41.3 Å². The predicted molar refractivity (Wildman–Crippen MR) is 120 cm³/mol. The van der Waals surface area contributed by atoms with E-state index >= 15 is 0 Å². The van der Waals surface area contributed by atoms with E-state index in [1.54, 1.807) is 6.92 Å². The van der Waals surface area contributed by atoms with Gasteiger partial charge in [0.2, 0.25) is 10.0 Å². The van der Waals surface area contributed by atoms with Gasteiger partial charge in [-0.05, 0) is 68.0 Å². The van der Waals surface area contributed by atoms with Crippen LogP contribution in [0.25, 0.3) is 0 Å². The number of rotatable bonds is 7. The monoisotopic (exact) mass is 446 g/mol. The normalized spacial score (nSPS) is 15.8. The van der Waals surface area contributed by atoms with Crippen LogP contribution in [0.5, 0.6) is 11.5 Å². The van der Waals surface area contributed by atoms with Gasteiger partial charge < -0.3 is 15.2 Å². The molecule has 3 rings (SSSR count).